The van der Waals surface area contributed by atoms with Gasteiger partial charge in [0.15, 0.2) is 0 Å². The van der Waals surface area contributed by atoms with E-state index in [9.17, 15) is 4.39 Å². The lowest BCUT2D eigenvalue weighted by Crippen LogP contribution is -2.05. The van der Waals surface area contributed by atoms with Crippen LogP contribution >= 0.6 is 15.9 Å². The molecule has 0 saturated heterocycles. The normalized spacial score (nSPS) is 10.8. The second-order valence-corrected chi connectivity index (χ2v) is 5.62. The average molecular weight is 323 g/mol. The summed E-state index contributed by atoms with van der Waals surface area (Å²) in [5.41, 5.74) is 2.33. The zero-order chi connectivity index (χ0) is 13.8. The molecule has 4 heteroatoms. The van der Waals surface area contributed by atoms with Crippen molar-refractivity contribution in [2.75, 3.05) is 5.32 Å². The molecule has 0 fully saturated rings. The SMILES string of the molecule is CC(C)c1ccc(CNc2cccc(Br)c2)nc1F. The number of anilines is 1. The Hall–Kier alpha value is -1.42. The number of benzene rings is 1. The Labute approximate surface area is 121 Å². The zero-order valence-corrected chi connectivity index (χ0v) is 12.5. The number of hydrogen-bond donors (Lipinski definition) is 1. The van der Waals surface area contributed by atoms with Crippen molar-refractivity contribution in [1.29, 1.82) is 0 Å². The fraction of sp³-hybridized carbons (Fsp3) is 0.267. The predicted octanol–water partition coefficient (Wildman–Crippen LogP) is 4.72. The topological polar surface area (TPSA) is 24.9 Å². The molecular weight excluding hydrogens is 307 g/mol. The van der Waals surface area contributed by atoms with Gasteiger partial charge in [0.2, 0.25) is 5.95 Å². The van der Waals surface area contributed by atoms with E-state index in [2.05, 4.69) is 26.2 Å². The van der Waals surface area contributed by atoms with Crippen LogP contribution in [0.2, 0.25) is 0 Å². The predicted molar refractivity (Wildman–Crippen MR) is 79.8 cm³/mol. The van der Waals surface area contributed by atoms with E-state index in [1.54, 1.807) is 0 Å². The molecule has 0 radical (unpaired) electrons. The fourth-order valence-corrected chi connectivity index (χ4v) is 2.20. The van der Waals surface area contributed by atoms with Crippen LogP contribution in [0.3, 0.4) is 0 Å². The monoisotopic (exact) mass is 322 g/mol. The summed E-state index contributed by atoms with van der Waals surface area (Å²) in [6.07, 6.45) is 0. The van der Waals surface area contributed by atoms with Crippen LogP contribution in [0.1, 0.15) is 31.0 Å². The van der Waals surface area contributed by atoms with E-state index in [1.165, 1.54) is 0 Å². The summed E-state index contributed by atoms with van der Waals surface area (Å²) in [5, 5.41) is 3.22. The van der Waals surface area contributed by atoms with Gasteiger partial charge in [-0.15, -0.1) is 0 Å². The third kappa shape index (κ3) is 3.77. The van der Waals surface area contributed by atoms with Gasteiger partial charge in [0.25, 0.3) is 0 Å². The quantitative estimate of drug-likeness (QED) is 0.824. The molecule has 19 heavy (non-hydrogen) atoms. The molecule has 1 N–H and O–H groups in total. The number of rotatable bonds is 4. The van der Waals surface area contributed by atoms with Crippen LogP contribution in [0, 0.1) is 5.95 Å². The number of nitrogens with zero attached hydrogens (tertiary/aromatic N) is 1. The van der Waals surface area contributed by atoms with E-state index in [4.69, 9.17) is 0 Å². The van der Waals surface area contributed by atoms with E-state index in [0.29, 0.717) is 17.8 Å². The first-order valence-corrected chi connectivity index (χ1v) is 7.00. The maximum absolute atomic E-state index is 13.7. The van der Waals surface area contributed by atoms with Crippen molar-refractivity contribution in [2.24, 2.45) is 0 Å². The average Bonchev–Trinajstić information content (AvgIpc) is 2.36. The minimum Gasteiger partial charge on any atom is -0.379 e. The van der Waals surface area contributed by atoms with Crippen LogP contribution in [0.5, 0.6) is 0 Å². The third-order valence-corrected chi connectivity index (χ3v) is 3.35. The second-order valence-electron chi connectivity index (χ2n) is 4.70. The van der Waals surface area contributed by atoms with Crippen molar-refractivity contribution in [3.05, 3.63) is 58.1 Å². The van der Waals surface area contributed by atoms with Gasteiger partial charge in [0.05, 0.1) is 12.2 Å². The summed E-state index contributed by atoms with van der Waals surface area (Å²) in [6, 6.07) is 11.5. The molecule has 0 spiro atoms. The van der Waals surface area contributed by atoms with Crippen molar-refractivity contribution in [2.45, 2.75) is 26.3 Å². The second kappa shape index (κ2) is 6.15. The largest absolute Gasteiger partial charge is 0.379 e. The van der Waals surface area contributed by atoms with Crippen molar-refractivity contribution in [1.82, 2.24) is 4.98 Å². The molecule has 1 aromatic carbocycles. The number of hydrogen-bond acceptors (Lipinski definition) is 2. The maximum atomic E-state index is 13.7. The van der Waals surface area contributed by atoms with Gasteiger partial charge in [0, 0.05) is 15.7 Å². The highest BCUT2D eigenvalue weighted by Gasteiger charge is 2.08. The minimum atomic E-state index is -0.372. The molecule has 1 heterocycles. The highest BCUT2D eigenvalue weighted by atomic mass is 79.9. The summed E-state index contributed by atoms with van der Waals surface area (Å²) in [5.74, 6) is -0.219. The van der Waals surface area contributed by atoms with Crippen LogP contribution in [-0.2, 0) is 6.54 Å². The van der Waals surface area contributed by atoms with Gasteiger partial charge in [-0.1, -0.05) is 41.9 Å². The Morgan fingerprint density at radius 1 is 1.26 bits per heavy atom. The summed E-state index contributed by atoms with van der Waals surface area (Å²) in [6.45, 7) is 4.42. The Bertz CT molecular complexity index is 570. The van der Waals surface area contributed by atoms with Gasteiger partial charge in [-0.2, -0.15) is 4.39 Å². The molecule has 2 aromatic rings. The van der Waals surface area contributed by atoms with E-state index in [1.807, 2.05) is 50.2 Å². The highest BCUT2D eigenvalue weighted by molar-refractivity contribution is 9.10. The number of halogens is 2. The molecule has 0 saturated carbocycles. The number of nitrogens with one attached hydrogen (secondary N) is 1. The molecule has 0 amide bonds. The summed E-state index contributed by atoms with van der Waals surface area (Å²) >= 11 is 3.41. The molecule has 0 aliphatic rings. The van der Waals surface area contributed by atoms with Crippen molar-refractivity contribution in [3.8, 4) is 0 Å². The van der Waals surface area contributed by atoms with Gasteiger partial charge in [0.1, 0.15) is 0 Å². The molecule has 2 nitrogen and oxygen atoms in total. The lowest BCUT2D eigenvalue weighted by atomic mass is 10.1. The summed E-state index contributed by atoms with van der Waals surface area (Å²) in [7, 11) is 0. The van der Waals surface area contributed by atoms with Gasteiger partial charge in [-0.3, -0.25) is 0 Å². The van der Waals surface area contributed by atoms with Crippen molar-refractivity contribution < 1.29 is 4.39 Å². The van der Waals surface area contributed by atoms with Crippen LogP contribution < -0.4 is 5.32 Å². The first kappa shape index (κ1) is 14.0. The van der Waals surface area contributed by atoms with Crippen LogP contribution in [0.15, 0.2) is 40.9 Å². The van der Waals surface area contributed by atoms with Crippen LogP contribution in [0.4, 0.5) is 10.1 Å². The molecule has 0 unspecified atom stereocenters. The fourth-order valence-electron chi connectivity index (χ4n) is 1.80. The lowest BCUT2D eigenvalue weighted by molar-refractivity contribution is 0.551. The molecule has 0 aliphatic carbocycles. The zero-order valence-electron chi connectivity index (χ0n) is 11.0. The van der Waals surface area contributed by atoms with Gasteiger partial charge < -0.3 is 5.32 Å². The lowest BCUT2D eigenvalue weighted by Gasteiger charge is -2.09. The minimum absolute atomic E-state index is 0.152. The van der Waals surface area contributed by atoms with E-state index < -0.39 is 0 Å². The van der Waals surface area contributed by atoms with Crippen molar-refractivity contribution in [3.63, 3.8) is 0 Å². The van der Waals surface area contributed by atoms with Crippen molar-refractivity contribution >= 4 is 21.6 Å². The first-order chi connectivity index (χ1) is 9.06. The Balaban J connectivity index is 2.06. The van der Waals surface area contributed by atoms with E-state index in [-0.39, 0.29) is 11.9 Å². The van der Waals surface area contributed by atoms with Crippen LogP contribution in [0.25, 0.3) is 0 Å². The molecule has 0 bridgehead atoms. The Kier molecular flexibility index (Phi) is 4.53. The van der Waals surface area contributed by atoms with Gasteiger partial charge in [-0.25, -0.2) is 4.98 Å². The van der Waals surface area contributed by atoms with Crippen LogP contribution in [-0.4, -0.2) is 4.98 Å². The summed E-state index contributed by atoms with van der Waals surface area (Å²) in [4.78, 5) is 3.99. The Morgan fingerprint density at radius 2 is 2.05 bits per heavy atom. The summed E-state index contributed by atoms with van der Waals surface area (Å²) < 4.78 is 14.8. The molecule has 0 atom stereocenters. The van der Waals surface area contributed by atoms with E-state index >= 15 is 0 Å². The molecule has 100 valence electrons. The Morgan fingerprint density at radius 3 is 2.68 bits per heavy atom. The molecule has 2 rings (SSSR count). The standard InChI is InChI=1S/C15H16BrFN2/c1-10(2)14-7-6-13(19-15(14)17)9-18-12-5-3-4-11(16)8-12/h3-8,10,18H,9H2,1-2H3. The van der Waals surface area contributed by atoms with Gasteiger partial charge >= 0.3 is 0 Å². The van der Waals surface area contributed by atoms with E-state index in [0.717, 1.165) is 10.2 Å². The molecule has 1 aromatic heterocycles. The maximum Gasteiger partial charge on any atom is 0.216 e. The molecule has 0 aliphatic heterocycles. The molecular formula is C15H16BrFN2. The smallest absolute Gasteiger partial charge is 0.216 e. The third-order valence-electron chi connectivity index (χ3n) is 2.86. The number of aromatic nitrogens is 1. The first-order valence-electron chi connectivity index (χ1n) is 6.21. The highest BCUT2D eigenvalue weighted by Crippen LogP contribution is 2.19. The van der Waals surface area contributed by atoms with Gasteiger partial charge in [-0.05, 0) is 30.2 Å². The number of pyridine rings is 1.